The summed E-state index contributed by atoms with van der Waals surface area (Å²) in [6, 6.07) is 0. The van der Waals surface area contributed by atoms with Gasteiger partial charge in [-0.25, -0.2) is 0 Å². The molecule has 0 amide bonds. The summed E-state index contributed by atoms with van der Waals surface area (Å²) >= 11 is 0. The highest BCUT2D eigenvalue weighted by atomic mass is 31.2. The monoisotopic (exact) mass is 214 g/mol. The van der Waals surface area contributed by atoms with Gasteiger partial charge in [0.25, 0.3) is 0 Å². The Balaban J connectivity index is 3.96. The smallest absolute Gasteiger partial charge is 0.356 e. The lowest BCUT2D eigenvalue weighted by atomic mass is 10.6. The highest BCUT2D eigenvalue weighted by molar-refractivity contribution is 7.52. The van der Waals surface area contributed by atoms with Crippen LogP contribution in [-0.2, 0) is 4.57 Å². The quantitative estimate of drug-likeness (QED) is 0.206. The molecule has 13 heavy (non-hydrogen) atoms. The van der Waals surface area contributed by atoms with Gasteiger partial charge < -0.3 is 20.0 Å². The summed E-state index contributed by atoms with van der Waals surface area (Å²) in [7, 11) is -4.28. The van der Waals surface area contributed by atoms with E-state index < -0.39 is 13.5 Å². The van der Waals surface area contributed by atoms with Crippen LogP contribution < -0.4 is 10.6 Å². The van der Waals surface area contributed by atoms with E-state index in [1.165, 1.54) is 0 Å². The molecule has 8 heteroatoms. The third-order valence-corrected chi connectivity index (χ3v) is 2.27. The third-order valence-electron chi connectivity index (χ3n) is 1.24. The number of nitrogens with one attached hydrogen (secondary N) is 2. The molecule has 0 aliphatic carbocycles. The van der Waals surface area contributed by atoms with Crippen molar-refractivity contribution < 1.29 is 24.6 Å². The largest absolute Gasteiger partial charge is 0.395 e. The zero-order chi connectivity index (χ0) is 10.3. The van der Waals surface area contributed by atoms with Crippen molar-refractivity contribution in [3.8, 4) is 0 Å². The zero-order valence-electron chi connectivity index (χ0n) is 7.05. The third kappa shape index (κ3) is 6.11. The number of aliphatic hydroxyl groups excluding tert-OH is 2. The van der Waals surface area contributed by atoms with Crippen molar-refractivity contribution in [2.75, 3.05) is 26.3 Å². The van der Waals surface area contributed by atoms with E-state index in [1.54, 1.807) is 0 Å². The fourth-order valence-corrected chi connectivity index (χ4v) is 1.45. The van der Waals surface area contributed by atoms with Crippen LogP contribution in [0.3, 0.4) is 0 Å². The van der Waals surface area contributed by atoms with Crippen LogP contribution in [0.4, 0.5) is 0 Å². The molecule has 0 saturated carbocycles. The van der Waals surface area contributed by atoms with E-state index in [9.17, 15) is 4.57 Å². The van der Waals surface area contributed by atoms with Crippen molar-refractivity contribution in [3.63, 3.8) is 0 Å². The summed E-state index contributed by atoms with van der Waals surface area (Å²) < 4.78 is 10.7. The van der Waals surface area contributed by atoms with E-state index >= 15 is 0 Å². The maximum absolute atomic E-state index is 10.7. The average Bonchev–Trinajstić information content (AvgIpc) is 2.02. The van der Waals surface area contributed by atoms with E-state index in [-0.39, 0.29) is 26.3 Å². The molecule has 0 aliphatic heterocycles. The van der Waals surface area contributed by atoms with Gasteiger partial charge in [-0.05, 0) is 0 Å². The molecule has 0 fully saturated rings. The van der Waals surface area contributed by atoms with Gasteiger partial charge in [0.15, 0.2) is 5.91 Å². The summed E-state index contributed by atoms with van der Waals surface area (Å²) in [6.45, 7) is -0.267. The van der Waals surface area contributed by atoms with E-state index in [4.69, 9.17) is 20.0 Å². The molecule has 6 N–H and O–H groups in total. The zero-order valence-corrected chi connectivity index (χ0v) is 7.94. The van der Waals surface area contributed by atoms with Crippen LogP contribution in [0.15, 0.2) is 0 Å². The van der Waals surface area contributed by atoms with Crippen LogP contribution >= 0.6 is 7.60 Å². The highest BCUT2D eigenvalue weighted by Crippen LogP contribution is 2.37. The predicted molar refractivity (Wildman–Crippen MR) is 46.0 cm³/mol. The van der Waals surface area contributed by atoms with Gasteiger partial charge in [-0.3, -0.25) is 15.2 Å². The van der Waals surface area contributed by atoms with Crippen LogP contribution in [0.5, 0.6) is 0 Å². The molecule has 0 unspecified atom stereocenters. The van der Waals surface area contributed by atoms with Crippen molar-refractivity contribution in [2.45, 2.75) is 5.91 Å². The van der Waals surface area contributed by atoms with Crippen molar-refractivity contribution >= 4 is 7.60 Å². The van der Waals surface area contributed by atoms with Crippen LogP contribution in [0.25, 0.3) is 0 Å². The van der Waals surface area contributed by atoms with Crippen LogP contribution in [0, 0.1) is 0 Å². The van der Waals surface area contributed by atoms with Crippen LogP contribution in [-0.4, -0.2) is 52.2 Å². The number of aliphatic hydroxyl groups is 2. The van der Waals surface area contributed by atoms with Crippen molar-refractivity contribution in [2.24, 2.45) is 0 Å². The molecular formula is C5H15N2O5P. The molecule has 0 rings (SSSR count). The van der Waals surface area contributed by atoms with Gasteiger partial charge in [-0.2, -0.15) is 0 Å². The number of hydrogen-bond acceptors (Lipinski definition) is 5. The van der Waals surface area contributed by atoms with Crippen LogP contribution in [0.2, 0.25) is 0 Å². The molecule has 7 nitrogen and oxygen atoms in total. The predicted octanol–water partition coefficient (Wildman–Crippen LogP) is -2.39. The first kappa shape index (κ1) is 13.0. The second kappa shape index (κ2) is 6.44. The lowest BCUT2D eigenvalue weighted by Gasteiger charge is -2.20. The fourth-order valence-electron chi connectivity index (χ4n) is 0.713. The summed E-state index contributed by atoms with van der Waals surface area (Å²) in [4.78, 5) is 17.5. The van der Waals surface area contributed by atoms with Crippen molar-refractivity contribution in [1.82, 2.24) is 10.6 Å². The highest BCUT2D eigenvalue weighted by Gasteiger charge is 2.26. The minimum Gasteiger partial charge on any atom is -0.395 e. The van der Waals surface area contributed by atoms with Gasteiger partial charge in [0.1, 0.15) is 0 Å². The Morgan fingerprint density at radius 3 is 1.69 bits per heavy atom. The molecule has 80 valence electrons. The maximum atomic E-state index is 10.7. The Morgan fingerprint density at radius 2 is 1.46 bits per heavy atom. The van der Waals surface area contributed by atoms with Gasteiger partial charge in [-0.1, -0.05) is 0 Å². The molecule has 0 aromatic heterocycles. The fraction of sp³-hybridized carbons (Fsp3) is 1.00. The van der Waals surface area contributed by atoms with Crippen molar-refractivity contribution in [3.05, 3.63) is 0 Å². The van der Waals surface area contributed by atoms with E-state index in [2.05, 4.69) is 10.6 Å². The van der Waals surface area contributed by atoms with Gasteiger partial charge in [0, 0.05) is 13.1 Å². The normalized spacial score (nSPS) is 12.4. The standard InChI is InChI=1S/C5H15N2O5P/c8-3-1-6-5(7-2-4-9)13(10,11)12/h5-9H,1-4H2,(H2,10,11,12). The first-order valence-electron chi connectivity index (χ1n) is 3.76. The van der Waals surface area contributed by atoms with E-state index in [0.717, 1.165) is 0 Å². The summed E-state index contributed by atoms with van der Waals surface area (Å²) in [5.41, 5.74) is 0. The topological polar surface area (TPSA) is 122 Å². The van der Waals surface area contributed by atoms with Gasteiger partial charge in [0.2, 0.25) is 0 Å². The molecule has 0 aromatic rings. The Morgan fingerprint density at radius 1 is 1.08 bits per heavy atom. The Kier molecular flexibility index (Phi) is 6.44. The van der Waals surface area contributed by atoms with Gasteiger partial charge in [0.05, 0.1) is 13.2 Å². The molecule has 0 atom stereocenters. The van der Waals surface area contributed by atoms with Gasteiger partial charge >= 0.3 is 7.60 Å². The summed E-state index contributed by atoms with van der Waals surface area (Å²) in [5.74, 6) is -1.22. The minimum absolute atomic E-state index is 0.0776. The van der Waals surface area contributed by atoms with E-state index in [1.807, 2.05) is 0 Å². The SMILES string of the molecule is O=P(O)(O)C(NCCO)NCCO. The van der Waals surface area contributed by atoms with Crippen LogP contribution in [0.1, 0.15) is 0 Å². The number of rotatable bonds is 7. The maximum Gasteiger partial charge on any atom is 0.356 e. The molecule has 0 saturated heterocycles. The molecule has 0 radical (unpaired) electrons. The lowest BCUT2D eigenvalue weighted by Crippen LogP contribution is -2.44. The van der Waals surface area contributed by atoms with E-state index in [0.29, 0.717) is 0 Å². The van der Waals surface area contributed by atoms with Gasteiger partial charge in [-0.15, -0.1) is 0 Å². The molecule has 0 aliphatic rings. The summed E-state index contributed by atoms with van der Waals surface area (Å²) in [5, 5.41) is 21.6. The lowest BCUT2D eigenvalue weighted by molar-refractivity contribution is 0.260. The minimum atomic E-state index is -4.28. The Hall–Kier alpha value is -0.0100. The second-order valence-electron chi connectivity index (χ2n) is 2.35. The second-order valence-corrected chi connectivity index (χ2v) is 4.04. The molecular weight excluding hydrogens is 199 g/mol. The molecule has 0 bridgehead atoms. The number of hydrogen-bond donors (Lipinski definition) is 6. The Bertz CT molecular complexity index is 164. The van der Waals surface area contributed by atoms with Crippen molar-refractivity contribution in [1.29, 1.82) is 0 Å². The Labute approximate surface area is 75.9 Å². The first-order chi connectivity index (χ1) is 6.02. The molecule has 0 aromatic carbocycles. The average molecular weight is 214 g/mol. The summed E-state index contributed by atoms with van der Waals surface area (Å²) in [6.07, 6.45) is 0. The molecule has 0 heterocycles. The molecule has 0 spiro atoms. The first-order valence-corrected chi connectivity index (χ1v) is 5.44.